The second-order valence-corrected chi connectivity index (χ2v) is 11.2. The Bertz CT molecular complexity index is 1610. The van der Waals surface area contributed by atoms with E-state index in [-0.39, 0.29) is 17.5 Å². The van der Waals surface area contributed by atoms with E-state index in [0.29, 0.717) is 46.4 Å². The Morgan fingerprint density at radius 2 is 1.74 bits per heavy atom. The van der Waals surface area contributed by atoms with Crippen molar-refractivity contribution in [3.8, 4) is 11.1 Å². The number of hydrogen-bond donors (Lipinski definition) is 2. The second-order valence-electron chi connectivity index (χ2n) is 10.3. The fourth-order valence-electron chi connectivity index (χ4n) is 5.45. The molecule has 0 spiro atoms. The lowest BCUT2D eigenvalue weighted by Crippen LogP contribution is -2.36. The number of fused-ring (bicyclic) bond motifs is 1. The first kappa shape index (κ1) is 25.8. The third kappa shape index (κ3) is 5.00. The summed E-state index contributed by atoms with van der Waals surface area (Å²) in [6, 6.07) is 22.7. The van der Waals surface area contributed by atoms with Crippen LogP contribution in [0.2, 0.25) is 10.0 Å². The average Bonchev–Trinajstić information content (AvgIpc) is 3.77. The summed E-state index contributed by atoms with van der Waals surface area (Å²) in [6.45, 7) is 0.531. The van der Waals surface area contributed by atoms with Gasteiger partial charge in [-0.25, -0.2) is 4.98 Å². The molecular formula is C31H27Cl2N3O3. The number of carbonyl (C=O) groups is 1. The Labute approximate surface area is 236 Å². The first-order valence-electron chi connectivity index (χ1n) is 13.1. The molecule has 4 aromatic rings. The Morgan fingerprint density at radius 1 is 0.974 bits per heavy atom. The maximum atomic E-state index is 13.4. The molecule has 0 bridgehead atoms. The van der Waals surface area contributed by atoms with Gasteiger partial charge >= 0.3 is 0 Å². The Hall–Kier alpha value is -3.45. The van der Waals surface area contributed by atoms with Crippen LogP contribution in [-0.2, 0) is 23.2 Å². The molecule has 1 fully saturated rings. The van der Waals surface area contributed by atoms with E-state index in [1.54, 1.807) is 24.3 Å². The van der Waals surface area contributed by atoms with Crippen LogP contribution in [0, 0.1) is 0 Å². The van der Waals surface area contributed by atoms with Gasteiger partial charge in [0.25, 0.3) is 11.5 Å². The van der Waals surface area contributed by atoms with Crippen LogP contribution in [0.5, 0.6) is 0 Å². The fourth-order valence-corrected chi connectivity index (χ4v) is 5.78. The molecule has 1 saturated carbocycles. The molecule has 1 aromatic heterocycles. The van der Waals surface area contributed by atoms with Crippen molar-refractivity contribution >= 4 is 29.1 Å². The maximum absolute atomic E-state index is 13.4. The van der Waals surface area contributed by atoms with E-state index in [1.807, 2.05) is 30.3 Å². The zero-order valence-corrected chi connectivity index (χ0v) is 22.7. The van der Waals surface area contributed by atoms with Crippen LogP contribution in [-0.4, -0.2) is 32.4 Å². The number of nitrogens with one attached hydrogen (secondary N) is 1. The number of hydrogen-bond acceptors (Lipinski definition) is 4. The van der Waals surface area contributed by atoms with Crippen LogP contribution in [0.25, 0.3) is 11.1 Å². The third-order valence-electron chi connectivity index (χ3n) is 7.80. The van der Waals surface area contributed by atoms with Crippen molar-refractivity contribution in [3.63, 3.8) is 0 Å². The van der Waals surface area contributed by atoms with E-state index >= 15 is 0 Å². The number of nitrogens with zero attached hydrogens (tertiary/aromatic N) is 2. The predicted molar refractivity (Wildman–Crippen MR) is 152 cm³/mol. The average molecular weight is 560 g/mol. The van der Waals surface area contributed by atoms with Gasteiger partial charge < -0.3 is 15.0 Å². The van der Waals surface area contributed by atoms with Crippen LogP contribution in [0.3, 0.4) is 0 Å². The highest BCUT2D eigenvalue weighted by molar-refractivity contribution is 6.30. The topological polar surface area (TPSA) is 86.3 Å². The smallest absolute Gasteiger partial charge is 0.256 e. The molecular weight excluding hydrogens is 533 g/mol. The zero-order valence-electron chi connectivity index (χ0n) is 21.2. The molecule has 39 heavy (non-hydrogen) atoms. The molecule has 0 unspecified atom stereocenters. The number of aromatic amines is 1. The molecule has 8 heteroatoms. The van der Waals surface area contributed by atoms with Gasteiger partial charge in [0.05, 0.1) is 23.2 Å². The van der Waals surface area contributed by atoms with Crippen molar-refractivity contribution in [2.24, 2.45) is 0 Å². The van der Waals surface area contributed by atoms with Crippen LogP contribution >= 0.6 is 23.2 Å². The van der Waals surface area contributed by atoms with Crippen LogP contribution in [0.15, 0.2) is 77.6 Å². The standard InChI is InChI=1S/C31H27Cl2N3O3/c32-23-11-9-19(10-12-23)20-4-1-6-22(16-20)31(13-14-31)30-34-26-8-3-15-36(18-25(26)28(38)35-30)29(39)27(37)21-5-2-7-24(33)17-21/h1-2,4-7,9-12,16-17,27,37H,3,8,13-15,18H2,(H,34,35,38)/t27-/m1/s1. The Morgan fingerprint density at radius 3 is 2.49 bits per heavy atom. The third-order valence-corrected chi connectivity index (χ3v) is 8.28. The highest BCUT2D eigenvalue weighted by Crippen LogP contribution is 2.52. The molecule has 2 N–H and O–H groups in total. The number of H-pyrrole nitrogens is 1. The molecule has 2 aliphatic rings. The first-order valence-corrected chi connectivity index (χ1v) is 13.8. The summed E-state index contributed by atoms with van der Waals surface area (Å²) in [7, 11) is 0. The normalized spacial score (nSPS) is 16.7. The summed E-state index contributed by atoms with van der Waals surface area (Å²) in [5, 5.41) is 11.9. The lowest BCUT2D eigenvalue weighted by molar-refractivity contribution is -0.141. The van der Waals surface area contributed by atoms with Gasteiger partial charge in [-0.3, -0.25) is 9.59 Å². The molecule has 1 aliphatic carbocycles. The highest BCUT2D eigenvalue weighted by atomic mass is 35.5. The van der Waals surface area contributed by atoms with Gasteiger partial charge in [-0.1, -0.05) is 71.7 Å². The van der Waals surface area contributed by atoms with Crippen molar-refractivity contribution in [1.82, 2.24) is 14.9 Å². The van der Waals surface area contributed by atoms with Gasteiger partial charge in [-0.05, 0) is 72.2 Å². The van der Waals surface area contributed by atoms with E-state index in [1.165, 1.54) is 4.90 Å². The minimum absolute atomic E-state index is 0.105. The van der Waals surface area contributed by atoms with Crippen LogP contribution < -0.4 is 5.56 Å². The number of amides is 1. The van der Waals surface area contributed by atoms with E-state index in [0.717, 1.165) is 35.2 Å². The summed E-state index contributed by atoms with van der Waals surface area (Å²) >= 11 is 12.1. The van der Waals surface area contributed by atoms with Gasteiger partial charge in [0.1, 0.15) is 5.82 Å². The largest absolute Gasteiger partial charge is 0.378 e. The number of aromatic nitrogens is 2. The minimum Gasteiger partial charge on any atom is -0.378 e. The van der Waals surface area contributed by atoms with E-state index < -0.39 is 12.0 Å². The number of carbonyl (C=O) groups excluding carboxylic acids is 1. The van der Waals surface area contributed by atoms with Crippen molar-refractivity contribution in [2.75, 3.05) is 6.54 Å². The molecule has 1 atom stereocenters. The van der Waals surface area contributed by atoms with E-state index in [4.69, 9.17) is 28.2 Å². The Kier molecular flexibility index (Phi) is 6.79. The molecule has 1 aliphatic heterocycles. The lowest BCUT2D eigenvalue weighted by atomic mass is 9.91. The number of benzene rings is 3. The van der Waals surface area contributed by atoms with Crippen molar-refractivity contribution < 1.29 is 9.90 Å². The van der Waals surface area contributed by atoms with Gasteiger partial charge in [0.15, 0.2) is 6.10 Å². The number of halogens is 2. The quantitative estimate of drug-likeness (QED) is 0.322. The molecule has 0 radical (unpaired) electrons. The molecule has 6 rings (SSSR count). The molecule has 6 nitrogen and oxygen atoms in total. The van der Waals surface area contributed by atoms with Crippen molar-refractivity contribution in [1.29, 1.82) is 0 Å². The molecule has 0 saturated heterocycles. The van der Waals surface area contributed by atoms with E-state index in [9.17, 15) is 14.7 Å². The van der Waals surface area contributed by atoms with Gasteiger partial charge in [-0.2, -0.15) is 0 Å². The minimum atomic E-state index is -1.35. The summed E-state index contributed by atoms with van der Waals surface area (Å²) in [5.74, 6) is 0.226. The summed E-state index contributed by atoms with van der Waals surface area (Å²) < 4.78 is 0. The zero-order chi connectivity index (χ0) is 27.1. The number of aliphatic hydroxyl groups is 1. The van der Waals surface area contributed by atoms with Gasteiger partial charge in [0, 0.05) is 16.6 Å². The summed E-state index contributed by atoms with van der Waals surface area (Å²) in [4.78, 5) is 36.1. The SMILES string of the molecule is O=C([C@H](O)c1cccc(Cl)c1)N1CCCc2nc(C3(c4cccc(-c5ccc(Cl)cc5)c4)CC3)[nH]c(=O)c2C1. The van der Waals surface area contributed by atoms with E-state index in [2.05, 4.69) is 23.2 Å². The van der Waals surface area contributed by atoms with Crippen LogP contribution in [0.1, 0.15) is 53.6 Å². The molecule has 2 heterocycles. The fraction of sp³-hybridized carbons (Fsp3) is 0.258. The van der Waals surface area contributed by atoms with Crippen LogP contribution in [0.4, 0.5) is 0 Å². The highest BCUT2D eigenvalue weighted by Gasteiger charge is 2.49. The number of rotatable bonds is 5. The first-order chi connectivity index (χ1) is 18.8. The summed E-state index contributed by atoms with van der Waals surface area (Å²) in [5.41, 5.74) is 4.34. The molecule has 3 aromatic carbocycles. The monoisotopic (exact) mass is 559 g/mol. The second kappa shape index (κ2) is 10.3. The number of aryl methyl sites for hydroxylation is 1. The lowest BCUT2D eigenvalue weighted by Gasteiger charge is -2.24. The van der Waals surface area contributed by atoms with Gasteiger partial charge in [0.2, 0.25) is 0 Å². The predicted octanol–water partition coefficient (Wildman–Crippen LogP) is 5.83. The maximum Gasteiger partial charge on any atom is 0.256 e. The van der Waals surface area contributed by atoms with Crippen molar-refractivity contribution in [2.45, 2.75) is 43.7 Å². The Balaban J connectivity index is 1.28. The summed E-state index contributed by atoms with van der Waals surface area (Å²) in [6.07, 6.45) is 1.68. The van der Waals surface area contributed by atoms with Gasteiger partial charge in [-0.15, -0.1) is 0 Å². The molecule has 198 valence electrons. The molecule has 1 amide bonds. The number of aliphatic hydroxyl groups excluding tert-OH is 1. The van der Waals surface area contributed by atoms with Crippen molar-refractivity contribution in [3.05, 3.63) is 121 Å².